The highest BCUT2D eigenvalue weighted by Gasteiger charge is 2.29. The SMILES string of the molecule is CCC1=NNc2[nH]cc3c2C(=c2cccnc2=NC3c2ccc(O)c(C(=O)OC)c2)C1. The zero-order valence-corrected chi connectivity index (χ0v) is 17.1. The van der Waals surface area contributed by atoms with E-state index in [-0.39, 0.29) is 11.3 Å². The number of hydrogen-bond donors (Lipinski definition) is 3. The molecule has 2 aromatic heterocycles. The average molecular weight is 415 g/mol. The summed E-state index contributed by atoms with van der Waals surface area (Å²) in [6, 6.07) is 8.39. The number of phenols is 1. The van der Waals surface area contributed by atoms with Gasteiger partial charge in [0.15, 0.2) is 5.49 Å². The molecule has 0 amide bonds. The first-order valence-corrected chi connectivity index (χ1v) is 10.1. The number of hydrogen-bond acceptors (Lipinski definition) is 7. The molecule has 0 bridgehead atoms. The number of esters is 1. The summed E-state index contributed by atoms with van der Waals surface area (Å²) in [6.07, 6.45) is 5.15. The van der Waals surface area contributed by atoms with Crippen LogP contribution in [0.15, 0.2) is 52.8 Å². The lowest BCUT2D eigenvalue weighted by atomic mass is 9.91. The molecule has 0 saturated heterocycles. The first-order chi connectivity index (χ1) is 15.1. The maximum atomic E-state index is 12.1. The van der Waals surface area contributed by atoms with Crippen molar-refractivity contribution in [3.63, 3.8) is 0 Å². The van der Waals surface area contributed by atoms with Gasteiger partial charge in [-0.15, -0.1) is 0 Å². The molecule has 3 aromatic rings. The number of fused-ring (bicyclic) bond motifs is 1. The maximum Gasteiger partial charge on any atom is 0.341 e. The second-order valence-electron chi connectivity index (χ2n) is 7.47. The van der Waals surface area contributed by atoms with Gasteiger partial charge in [0.1, 0.15) is 23.2 Å². The van der Waals surface area contributed by atoms with E-state index in [1.54, 1.807) is 18.3 Å². The summed E-state index contributed by atoms with van der Waals surface area (Å²) in [5.74, 6) is 0.0668. The zero-order chi connectivity index (χ0) is 21.5. The Balaban J connectivity index is 1.78. The lowest BCUT2D eigenvalue weighted by Crippen LogP contribution is -2.30. The van der Waals surface area contributed by atoms with E-state index in [1.807, 2.05) is 18.3 Å². The zero-order valence-electron chi connectivity index (χ0n) is 17.1. The van der Waals surface area contributed by atoms with Gasteiger partial charge >= 0.3 is 5.97 Å². The predicted octanol–water partition coefficient (Wildman–Crippen LogP) is 2.41. The first kappa shape index (κ1) is 19.0. The van der Waals surface area contributed by atoms with Gasteiger partial charge in [-0.3, -0.25) is 10.4 Å². The standard InChI is InChI=1S/C23H21N5O3/c1-3-13-10-15-14-5-4-8-24-21(14)26-20(17-11-25-22(19(15)17)28-27-13)12-6-7-18(29)16(9-12)23(30)31-2/h4-9,11,20,25,28-29H,3,10H2,1-2H3. The van der Waals surface area contributed by atoms with E-state index in [2.05, 4.69) is 27.4 Å². The summed E-state index contributed by atoms with van der Waals surface area (Å²) >= 11 is 0. The van der Waals surface area contributed by atoms with Crippen LogP contribution in [0.2, 0.25) is 0 Å². The predicted molar refractivity (Wildman–Crippen MR) is 116 cm³/mol. The van der Waals surface area contributed by atoms with Crippen LogP contribution in [0.5, 0.6) is 5.75 Å². The molecule has 2 aliphatic heterocycles. The average Bonchev–Trinajstić information content (AvgIpc) is 3.05. The van der Waals surface area contributed by atoms with Crippen molar-refractivity contribution in [2.24, 2.45) is 10.1 Å². The van der Waals surface area contributed by atoms with E-state index in [1.165, 1.54) is 13.2 Å². The fraction of sp³-hybridized carbons (Fsp3) is 0.217. The van der Waals surface area contributed by atoms with Crippen LogP contribution in [0.25, 0.3) is 5.57 Å². The number of nitrogens with one attached hydrogen (secondary N) is 2. The highest BCUT2D eigenvalue weighted by Crippen LogP contribution is 2.39. The number of methoxy groups -OCH3 is 1. The molecule has 0 saturated carbocycles. The minimum absolute atomic E-state index is 0.0984. The number of aromatic amines is 1. The number of rotatable bonds is 3. The van der Waals surface area contributed by atoms with E-state index in [9.17, 15) is 9.90 Å². The van der Waals surface area contributed by atoms with Crippen LogP contribution >= 0.6 is 0 Å². The number of carbonyl (C=O) groups is 1. The lowest BCUT2D eigenvalue weighted by molar-refractivity contribution is 0.0597. The molecular formula is C23H21N5O3. The van der Waals surface area contributed by atoms with Crippen LogP contribution in [0.1, 0.15) is 52.9 Å². The highest BCUT2D eigenvalue weighted by atomic mass is 16.5. The Morgan fingerprint density at radius 3 is 3.00 bits per heavy atom. The van der Waals surface area contributed by atoms with Crippen LogP contribution in [-0.4, -0.2) is 33.9 Å². The molecule has 8 heteroatoms. The van der Waals surface area contributed by atoms with Crippen molar-refractivity contribution in [1.29, 1.82) is 0 Å². The van der Waals surface area contributed by atoms with Crippen LogP contribution < -0.4 is 16.1 Å². The molecule has 0 fully saturated rings. The third-order valence-electron chi connectivity index (χ3n) is 5.73. The smallest absolute Gasteiger partial charge is 0.341 e. The van der Waals surface area contributed by atoms with Gasteiger partial charge in [0, 0.05) is 40.9 Å². The van der Waals surface area contributed by atoms with E-state index >= 15 is 0 Å². The van der Waals surface area contributed by atoms with Gasteiger partial charge in [-0.1, -0.05) is 13.0 Å². The maximum absolute atomic E-state index is 12.1. The summed E-state index contributed by atoms with van der Waals surface area (Å²) in [6.45, 7) is 2.08. The Kier molecular flexibility index (Phi) is 4.54. The molecular weight excluding hydrogens is 394 g/mol. The monoisotopic (exact) mass is 415 g/mol. The van der Waals surface area contributed by atoms with Crippen LogP contribution in [0.3, 0.4) is 0 Å². The second-order valence-corrected chi connectivity index (χ2v) is 7.47. The number of benzene rings is 1. The van der Waals surface area contributed by atoms with Gasteiger partial charge in [-0.2, -0.15) is 5.10 Å². The minimum atomic E-state index is -0.602. The Bertz CT molecular complexity index is 1360. The van der Waals surface area contributed by atoms with E-state index in [0.717, 1.165) is 45.4 Å². The minimum Gasteiger partial charge on any atom is -0.507 e. The molecule has 1 atom stereocenters. The molecule has 5 rings (SSSR count). The Labute approximate surface area is 178 Å². The van der Waals surface area contributed by atoms with Crippen molar-refractivity contribution in [3.05, 3.63) is 75.7 Å². The van der Waals surface area contributed by atoms with Gasteiger partial charge < -0.3 is 14.8 Å². The topological polar surface area (TPSA) is 112 Å². The summed E-state index contributed by atoms with van der Waals surface area (Å²) in [4.78, 5) is 25.0. The van der Waals surface area contributed by atoms with Crippen LogP contribution in [0, 0.1) is 0 Å². The number of pyridine rings is 1. The number of H-pyrrole nitrogens is 1. The van der Waals surface area contributed by atoms with E-state index in [0.29, 0.717) is 11.9 Å². The van der Waals surface area contributed by atoms with Crippen molar-refractivity contribution in [3.8, 4) is 5.75 Å². The molecule has 2 aliphatic rings. The van der Waals surface area contributed by atoms with Gasteiger partial charge in [0.2, 0.25) is 0 Å². The highest BCUT2D eigenvalue weighted by molar-refractivity contribution is 5.98. The molecule has 1 unspecified atom stereocenters. The number of aromatic nitrogens is 2. The second kappa shape index (κ2) is 7.39. The number of anilines is 1. The summed E-state index contributed by atoms with van der Waals surface area (Å²) in [7, 11) is 1.29. The van der Waals surface area contributed by atoms with Crippen molar-refractivity contribution in [2.75, 3.05) is 12.5 Å². The molecule has 8 nitrogen and oxygen atoms in total. The Morgan fingerprint density at radius 2 is 2.19 bits per heavy atom. The fourth-order valence-corrected chi connectivity index (χ4v) is 4.15. The third kappa shape index (κ3) is 3.07. The lowest BCUT2D eigenvalue weighted by Gasteiger charge is -2.15. The molecule has 0 radical (unpaired) electrons. The number of ether oxygens (including phenoxy) is 1. The molecule has 31 heavy (non-hydrogen) atoms. The number of aromatic hydroxyl groups is 1. The largest absolute Gasteiger partial charge is 0.507 e. The molecule has 4 heterocycles. The number of phenolic OH excluding ortho intramolecular Hbond substituents is 1. The van der Waals surface area contributed by atoms with Gasteiger partial charge in [-0.05, 0) is 41.8 Å². The molecule has 0 aliphatic carbocycles. The van der Waals surface area contributed by atoms with Crippen molar-refractivity contribution in [2.45, 2.75) is 25.8 Å². The summed E-state index contributed by atoms with van der Waals surface area (Å²) in [5, 5.41) is 15.7. The van der Waals surface area contributed by atoms with E-state index in [4.69, 9.17) is 9.73 Å². The van der Waals surface area contributed by atoms with Gasteiger partial charge in [0.05, 0.1) is 7.11 Å². The Morgan fingerprint density at radius 1 is 1.32 bits per heavy atom. The Hall–Kier alpha value is -3.94. The van der Waals surface area contributed by atoms with Crippen LogP contribution in [0.4, 0.5) is 5.82 Å². The normalized spacial score (nSPS) is 16.6. The van der Waals surface area contributed by atoms with Crippen molar-refractivity contribution >= 4 is 23.1 Å². The fourth-order valence-electron chi connectivity index (χ4n) is 4.15. The molecule has 1 aromatic carbocycles. The van der Waals surface area contributed by atoms with Gasteiger partial charge in [0.25, 0.3) is 0 Å². The number of nitrogens with zero attached hydrogens (tertiary/aromatic N) is 3. The molecule has 0 spiro atoms. The molecule has 3 N–H and O–H groups in total. The summed E-state index contributed by atoms with van der Waals surface area (Å²) in [5.41, 5.74) is 8.75. The van der Waals surface area contributed by atoms with Crippen molar-refractivity contribution in [1.82, 2.24) is 9.97 Å². The van der Waals surface area contributed by atoms with Gasteiger partial charge in [-0.25, -0.2) is 9.78 Å². The quantitative estimate of drug-likeness (QED) is 0.569. The van der Waals surface area contributed by atoms with E-state index < -0.39 is 12.0 Å². The number of carbonyl (C=O) groups excluding carboxylic acids is 1. The number of hydrazone groups is 1. The first-order valence-electron chi connectivity index (χ1n) is 10.1. The third-order valence-corrected chi connectivity index (χ3v) is 5.73. The van der Waals surface area contributed by atoms with Crippen molar-refractivity contribution < 1.29 is 14.6 Å². The summed E-state index contributed by atoms with van der Waals surface area (Å²) < 4.78 is 4.82. The molecule has 156 valence electrons. The van der Waals surface area contributed by atoms with Crippen LogP contribution in [-0.2, 0) is 4.74 Å².